The molecule has 0 bridgehead atoms. The van der Waals surface area contributed by atoms with E-state index >= 15 is 0 Å². The fraction of sp³-hybridized carbons (Fsp3) is 0.467. The number of aromatic nitrogens is 2. The highest BCUT2D eigenvalue weighted by atomic mass is 32.1. The second-order valence-corrected chi connectivity index (χ2v) is 6.11. The largest absolute Gasteiger partial charge is 0.355 e. The third kappa shape index (κ3) is 4.99. The molecule has 0 fully saturated rings. The topological polar surface area (TPSA) is 59.0 Å². The van der Waals surface area contributed by atoms with Gasteiger partial charge in [0.2, 0.25) is 5.91 Å². The van der Waals surface area contributed by atoms with Gasteiger partial charge in [0.1, 0.15) is 0 Å². The average Bonchev–Trinajstić information content (AvgIpc) is 3.16. The molecule has 0 aliphatic heterocycles. The molecule has 2 unspecified atom stereocenters. The Kier molecular flexibility index (Phi) is 5.95. The van der Waals surface area contributed by atoms with Crippen molar-refractivity contribution in [3.63, 3.8) is 0 Å². The van der Waals surface area contributed by atoms with Crippen molar-refractivity contribution in [2.75, 3.05) is 13.1 Å². The van der Waals surface area contributed by atoms with Crippen LogP contribution in [0.25, 0.3) is 0 Å². The first-order valence-corrected chi connectivity index (χ1v) is 8.06. The van der Waals surface area contributed by atoms with Crippen LogP contribution in [0, 0.1) is 0 Å². The number of hydrogen-bond acceptors (Lipinski definition) is 4. The van der Waals surface area contributed by atoms with Gasteiger partial charge in [-0.25, -0.2) is 0 Å². The molecule has 2 aromatic rings. The van der Waals surface area contributed by atoms with Crippen LogP contribution < -0.4 is 10.6 Å². The molecule has 0 radical (unpaired) electrons. The quantitative estimate of drug-likeness (QED) is 0.782. The van der Waals surface area contributed by atoms with Crippen LogP contribution in [-0.2, 0) is 11.2 Å². The van der Waals surface area contributed by atoms with Crippen molar-refractivity contribution < 1.29 is 4.79 Å². The minimum Gasteiger partial charge on any atom is -0.355 e. The number of nitrogens with zero attached hydrogens (tertiary/aromatic N) is 2. The van der Waals surface area contributed by atoms with Crippen LogP contribution in [0.3, 0.4) is 0 Å². The van der Waals surface area contributed by atoms with E-state index in [-0.39, 0.29) is 18.0 Å². The minimum absolute atomic E-state index is 0.0334. The molecule has 0 saturated heterocycles. The normalized spacial score (nSPS) is 13.8. The van der Waals surface area contributed by atoms with Crippen molar-refractivity contribution in [2.24, 2.45) is 0 Å². The molecule has 2 atom stereocenters. The Bertz CT molecular complexity index is 524. The highest BCUT2D eigenvalue weighted by molar-refractivity contribution is 7.09. The third-order valence-electron chi connectivity index (χ3n) is 3.52. The van der Waals surface area contributed by atoms with E-state index in [1.54, 1.807) is 17.5 Å². The number of carbonyl (C=O) groups is 1. The van der Waals surface area contributed by atoms with Gasteiger partial charge < -0.3 is 10.6 Å². The summed E-state index contributed by atoms with van der Waals surface area (Å²) >= 11 is 1.72. The van der Waals surface area contributed by atoms with Gasteiger partial charge in [-0.1, -0.05) is 6.07 Å². The van der Waals surface area contributed by atoms with E-state index in [0.717, 1.165) is 6.42 Å². The van der Waals surface area contributed by atoms with E-state index in [1.165, 1.54) is 4.88 Å². The monoisotopic (exact) mass is 306 g/mol. The third-order valence-corrected chi connectivity index (χ3v) is 4.46. The summed E-state index contributed by atoms with van der Waals surface area (Å²) in [5, 5.41) is 12.4. The summed E-state index contributed by atoms with van der Waals surface area (Å²) < 4.78 is 1.90. The van der Waals surface area contributed by atoms with E-state index in [1.807, 2.05) is 23.0 Å². The molecular formula is C15H22N4OS. The molecular weight excluding hydrogens is 284 g/mol. The molecule has 0 saturated carbocycles. The van der Waals surface area contributed by atoms with Gasteiger partial charge in [-0.15, -0.1) is 11.3 Å². The predicted octanol–water partition coefficient (Wildman–Crippen LogP) is 1.84. The molecule has 2 N–H and O–H groups in total. The van der Waals surface area contributed by atoms with Crippen molar-refractivity contribution in [3.8, 4) is 0 Å². The van der Waals surface area contributed by atoms with Gasteiger partial charge in [0.25, 0.3) is 0 Å². The first kappa shape index (κ1) is 15.7. The highest BCUT2D eigenvalue weighted by Gasteiger charge is 2.14. The molecule has 2 aromatic heterocycles. The van der Waals surface area contributed by atoms with Crippen LogP contribution in [0.4, 0.5) is 0 Å². The Morgan fingerprint density at radius 1 is 1.43 bits per heavy atom. The number of nitrogens with one attached hydrogen (secondary N) is 2. The zero-order valence-corrected chi connectivity index (χ0v) is 13.3. The van der Waals surface area contributed by atoms with Gasteiger partial charge in [-0.3, -0.25) is 9.48 Å². The summed E-state index contributed by atoms with van der Waals surface area (Å²) in [4.78, 5) is 13.1. The van der Waals surface area contributed by atoms with Gasteiger partial charge in [-0.05, 0) is 37.8 Å². The first-order valence-electron chi connectivity index (χ1n) is 7.18. The number of thiophene rings is 1. The van der Waals surface area contributed by atoms with Gasteiger partial charge in [0.15, 0.2) is 0 Å². The predicted molar refractivity (Wildman–Crippen MR) is 85.4 cm³/mol. The van der Waals surface area contributed by atoms with E-state index in [2.05, 4.69) is 41.0 Å². The number of amides is 1. The van der Waals surface area contributed by atoms with Gasteiger partial charge in [-0.2, -0.15) is 5.10 Å². The smallest absolute Gasteiger partial charge is 0.233 e. The summed E-state index contributed by atoms with van der Waals surface area (Å²) in [6.45, 7) is 5.16. The molecule has 2 heterocycles. The summed E-state index contributed by atoms with van der Waals surface area (Å²) in [5.74, 6) is 0.0334. The minimum atomic E-state index is 0.0334. The maximum Gasteiger partial charge on any atom is 0.233 e. The van der Waals surface area contributed by atoms with Gasteiger partial charge in [0.05, 0.1) is 12.6 Å². The van der Waals surface area contributed by atoms with E-state index in [0.29, 0.717) is 13.1 Å². The molecule has 5 nitrogen and oxygen atoms in total. The average molecular weight is 306 g/mol. The maximum atomic E-state index is 11.8. The van der Waals surface area contributed by atoms with Crippen molar-refractivity contribution in [3.05, 3.63) is 40.8 Å². The first-order chi connectivity index (χ1) is 10.2. The molecule has 1 amide bonds. The lowest BCUT2D eigenvalue weighted by Gasteiger charge is -2.21. The van der Waals surface area contributed by atoms with Gasteiger partial charge in [0, 0.05) is 29.9 Å². The standard InChI is InChI=1S/C15H22N4OS/c1-12(13(2)19-9-4-7-18-19)17-11-15(20)16-8-6-14-5-3-10-21-14/h3-5,7,9-10,12-13,17H,6,8,11H2,1-2H3,(H,16,20). The summed E-state index contributed by atoms with van der Waals surface area (Å²) in [6, 6.07) is 6.40. The Morgan fingerprint density at radius 2 is 2.29 bits per heavy atom. The number of rotatable bonds is 8. The lowest BCUT2D eigenvalue weighted by atomic mass is 10.2. The molecule has 0 aliphatic carbocycles. The fourth-order valence-electron chi connectivity index (χ4n) is 2.02. The maximum absolute atomic E-state index is 11.8. The lowest BCUT2D eigenvalue weighted by Crippen LogP contribution is -2.41. The second kappa shape index (κ2) is 7.95. The van der Waals surface area contributed by atoms with Crippen LogP contribution in [-0.4, -0.2) is 34.8 Å². The van der Waals surface area contributed by atoms with Crippen LogP contribution in [0.1, 0.15) is 24.8 Å². The summed E-state index contributed by atoms with van der Waals surface area (Å²) in [5.41, 5.74) is 0. The number of hydrogen-bond donors (Lipinski definition) is 2. The van der Waals surface area contributed by atoms with Crippen molar-refractivity contribution in [1.82, 2.24) is 20.4 Å². The Hall–Kier alpha value is -1.66. The van der Waals surface area contributed by atoms with Crippen LogP contribution in [0.15, 0.2) is 36.0 Å². The van der Waals surface area contributed by atoms with Crippen molar-refractivity contribution in [2.45, 2.75) is 32.4 Å². The molecule has 0 spiro atoms. The highest BCUT2D eigenvalue weighted by Crippen LogP contribution is 2.09. The van der Waals surface area contributed by atoms with E-state index in [9.17, 15) is 4.79 Å². The number of carbonyl (C=O) groups excluding carboxylic acids is 1. The summed E-state index contributed by atoms with van der Waals surface area (Å²) in [6.07, 6.45) is 4.59. The van der Waals surface area contributed by atoms with E-state index < -0.39 is 0 Å². The Morgan fingerprint density at radius 3 is 2.95 bits per heavy atom. The molecule has 0 aliphatic rings. The molecule has 114 valence electrons. The van der Waals surface area contributed by atoms with Crippen LogP contribution in [0.2, 0.25) is 0 Å². The zero-order chi connectivity index (χ0) is 15.1. The summed E-state index contributed by atoms with van der Waals surface area (Å²) in [7, 11) is 0. The molecule has 6 heteroatoms. The van der Waals surface area contributed by atoms with Crippen molar-refractivity contribution >= 4 is 17.2 Å². The van der Waals surface area contributed by atoms with Crippen LogP contribution >= 0.6 is 11.3 Å². The van der Waals surface area contributed by atoms with Gasteiger partial charge >= 0.3 is 0 Å². The SMILES string of the molecule is CC(NCC(=O)NCCc1cccs1)C(C)n1cccn1. The molecule has 21 heavy (non-hydrogen) atoms. The van der Waals surface area contributed by atoms with Crippen molar-refractivity contribution in [1.29, 1.82) is 0 Å². The van der Waals surface area contributed by atoms with Crippen LogP contribution in [0.5, 0.6) is 0 Å². The Balaban J connectivity index is 1.64. The second-order valence-electron chi connectivity index (χ2n) is 5.08. The molecule has 0 aromatic carbocycles. The molecule has 2 rings (SSSR count). The van der Waals surface area contributed by atoms with E-state index in [4.69, 9.17) is 0 Å². The Labute approximate surface area is 129 Å². The zero-order valence-electron chi connectivity index (χ0n) is 12.5. The lowest BCUT2D eigenvalue weighted by molar-refractivity contribution is -0.120. The fourth-order valence-corrected chi connectivity index (χ4v) is 2.73.